The highest BCUT2D eigenvalue weighted by molar-refractivity contribution is 7.13. The van der Waals surface area contributed by atoms with Crippen molar-refractivity contribution in [3.8, 4) is 0 Å². The van der Waals surface area contributed by atoms with E-state index in [1.807, 2.05) is 18.5 Å². The SMILES string of the molecule is Cc1csc(NC(=O)CN2CCn3ccnc3C2)n1. The molecule has 19 heavy (non-hydrogen) atoms. The molecular formula is C12H15N5OS. The summed E-state index contributed by atoms with van der Waals surface area (Å²) in [4.78, 5) is 22.5. The first-order valence-electron chi connectivity index (χ1n) is 6.15. The monoisotopic (exact) mass is 277 g/mol. The zero-order valence-electron chi connectivity index (χ0n) is 10.7. The van der Waals surface area contributed by atoms with Crippen LogP contribution in [0.15, 0.2) is 17.8 Å². The number of nitrogens with zero attached hydrogens (tertiary/aromatic N) is 4. The van der Waals surface area contributed by atoms with Crippen LogP contribution in [-0.4, -0.2) is 38.4 Å². The second kappa shape index (κ2) is 5.10. The summed E-state index contributed by atoms with van der Waals surface area (Å²) in [5.41, 5.74) is 0.931. The van der Waals surface area contributed by atoms with E-state index in [0.29, 0.717) is 11.7 Å². The summed E-state index contributed by atoms with van der Waals surface area (Å²) in [7, 11) is 0. The maximum Gasteiger partial charge on any atom is 0.240 e. The van der Waals surface area contributed by atoms with Gasteiger partial charge in [0.25, 0.3) is 0 Å². The van der Waals surface area contributed by atoms with Crippen LogP contribution in [0.3, 0.4) is 0 Å². The van der Waals surface area contributed by atoms with Gasteiger partial charge in [-0.15, -0.1) is 11.3 Å². The molecule has 6 nitrogen and oxygen atoms in total. The molecule has 0 saturated carbocycles. The Balaban J connectivity index is 1.56. The van der Waals surface area contributed by atoms with Gasteiger partial charge < -0.3 is 9.88 Å². The molecule has 0 unspecified atom stereocenters. The minimum atomic E-state index is -0.0191. The van der Waals surface area contributed by atoms with Gasteiger partial charge in [0, 0.05) is 30.9 Å². The van der Waals surface area contributed by atoms with Gasteiger partial charge in [0.1, 0.15) is 5.82 Å². The summed E-state index contributed by atoms with van der Waals surface area (Å²) in [5, 5.41) is 5.42. The summed E-state index contributed by atoms with van der Waals surface area (Å²) < 4.78 is 2.12. The highest BCUT2D eigenvalue weighted by Crippen LogP contribution is 2.15. The van der Waals surface area contributed by atoms with Crippen LogP contribution in [-0.2, 0) is 17.9 Å². The Kier molecular flexibility index (Phi) is 3.31. The molecule has 1 aliphatic rings. The largest absolute Gasteiger partial charge is 0.333 e. The number of aromatic nitrogens is 3. The topological polar surface area (TPSA) is 63.1 Å². The Labute approximate surface area is 115 Å². The molecule has 0 saturated heterocycles. The summed E-state index contributed by atoms with van der Waals surface area (Å²) in [6, 6.07) is 0. The highest BCUT2D eigenvalue weighted by atomic mass is 32.1. The van der Waals surface area contributed by atoms with E-state index in [1.165, 1.54) is 11.3 Å². The third kappa shape index (κ3) is 2.82. The molecule has 3 rings (SSSR count). The van der Waals surface area contributed by atoms with Crippen molar-refractivity contribution in [1.82, 2.24) is 19.4 Å². The van der Waals surface area contributed by atoms with Crippen LogP contribution in [0.4, 0.5) is 5.13 Å². The van der Waals surface area contributed by atoms with Gasteiger partial charge in [-0.2, -0.15) is 0 Å². The second-order valence-corrected chi connectivity index (χ2v) is 5.45. The normalized spacial score (nSPS) is 15.2. The van der Waals surface area contributed by atoms with Crippen molar-refractivity contribution in [2.45, 2.75) is 20.0 Å². The molecule has 0 bridgehead atoms. The molecule has 0 atom stereocenters. The van der Waals surface area contributed by atoms with E-state index in [9.17, 15) is 4.79 Å². The number of amides is 1. The molecule has 0 radical (unpaired) electrons. The molecule has 2 aromatic heterocycles. The fraction of sp³-hybridized carbons (Fsp3) is 0.417. The summed E-state index contributed by atoms with van der Waals surface area (Å²) in [5.74, 6) is 0.999. The van der Waals surface area contributed by atoms with Gasteiger partial charge in [-0.25, -0.2) is 9.97 Å². The number of anilines is 1. The smallest absolute Gasteiger partial charge is 0.240 e. The van der Waals surface area contributed by atoms with Gasteiger partial charge in [0.15, 0.2) is 5.13 Å². The molecule has 7 heteroatoms. The van der Waals surface area contributed by atoms with E-state index >= 15 is 0 Å². The fourth-order valence-electron chi connectivity index (χ4n) is 2.13. The average molecular weight is 277 g/mol. The van der Waals surface area contributed by atoms with E-state index < -0.39 is 0 Å². The summed E-state index contributed by atoms with van der Waals surface area (Å²) in [6.45, 7) is 4.77. The Morgan fingerprint density at radius 2 is 2.42 bits per heavy atom. The molecule has 0 aromatic carbocycles. The number of fused-ring (bicyclic) bond motifs is 1. The van der Waals surface area contributed by atoms with E-state index in [0.717, 1.165) is 31.2 Å². The second-order valence-electron chi connectivity index (χ2n) is 4.59. The van der Waals surface area contributed by atoms with Crippen molar-refractivity contribution < 1.29 is 4.79 Å². The lowest BCUT2D eigenvalue weighted by atomic mass is 10.3. The van der Waals surface area contributed by atoms with Gasteiger partial charge in [-0.3, -0.25) is 9.69 Å². The predicted molar refractivity (Wildman–Crippen MR) is 73.0 cm³/mol. The van der Waals surface area contributed by atoms with Crippen LogP contribution < -0.4 is 5.32 Å². The number of imidazole rings is 1. The first kappa shape index (κ1) is 12.3. The Morgan fingerprint density at radius 3 is 3.21 bits per heavy atom. The van der Waals surface area contributed by atoms with Crippen molar-refractivity contribution in [3.05, 3.63) is 29.3 Å². The number of rotatable bonds is 3. The molecule has 0 aliphatic carbocycles. The Morgan fingerprint density at radius 1 is 1.53 bits per heavy atom. The molecule has 0 spiro atoms. The lowest BCUT2D eigenvalue weighted by Crippen LogP contribution is -2.39. The molecule has 2 aromatic rings. The zero-order chi connectivity index (χ0) is 13.2. The third-order valence-corrected chi connectivity index (χ3v) is 3.93. The van der Waals surface area contributed by atoms with Crippen LogP contribution in [0.2, 0.25) is 0 Å². The van der Waals surface area contributed by atoms with Crippen molar-refractivity contribution in [2.24, 2.45) is 0 Å². The zero-order valence-corrected chi connectivity index (χ0v) is 11.5. The Hall–Kier alpha value is -1.73. The van der Waals surface area contributed by atoms with Gasteiger partial charge >= 0.3 is 0 Å². The lowest BCUT2D eigenvalue weighted by Gasteiger charge is -2.26. The predicted octanol–water partition coefficient (Wildman–Crippen LogP) is 1.10. The van der Waals surface area contributed by atoms with Gasteiger partial charge in [-0.1, -0.05) is 0 Å². The van der Waals surface area contributed by atoms with Crippen LogP contribution >= 0.6 is 11.3 Å². The van der Waals surface area contributed by atoms with Gasteiger partial charge in [0.2, 0.25) is 5.91 Å². The number of aryl methyl sites for hydroxylation is 1. The molecule has 1 N–H and O–H groups in total. The highest BCUT2D eigenvalue weighted by Gasteiger charge is 2.19. The van der Waals surface area contributed by atoms with Crippen LogP contribution in [0.25, 0.3) is 0 Å². The molecule has 1 amide bonds. The molecule has 3 heterocycles. The van der Waals surface area contributed by atoms with E-state index in [1.54, 1.807) is 6.20 Å². The molecule has 1 aliphatic heterocycles. The van der Waals surface area contributed by atoms with Crippen LogP contribution in [0, 0.1) is 6.92 Å². The minimum Gasteiger partial charge on any atom is -0.333 e. The molecule has 100 valence electrons. The first-order chi connectivity index (χ1) is 9.20. The van der Waals surface area contributed by atoms with Crippen LogP contribution in [0.5, 0.6) is 0 Å². The van der Waals surface area contributed by atoms with Crippen molar-refractivity contribution in [2.75, 3.05) is 18.4 Å². The van der Waals surface area contributed by atoms with E-state index in [2.05, 4.69) is 24.8 Å². The van der Waals surface area contributed by atoms with E-state index in [4.69, 9.17) is 0 Å². The standard InChI is InChI=1S/C12H15N5OS/c1-9-8-19-12(14-9)15-11(18)7-16-4-5-17-3-2-13-10(17)6-16/h2-3,8H,4-7H2,1H3,(H,14,15,18). The minimum absolute atomic E-state index is 0.0191. The summed E-state index contributed by atoms with van der Waals surface area (Å²) >= 11 is 1.45. The first-order valence-corrected chi connectivity index (χ1v) is 7.03. The maximum atomic E-state index is 11.9. The van der Waals surface area contributed by atoms with Crippen molar-refractivity contribution >= 4 is 22.4 Å². The fourth-order valence-corrected chi connectivity index (χ4v) is 2.84. The maximum absolute atomic E-state index is 11.9. The Bertz CT molecular complexity index is 590. The number of hydrogen-bond acceptors (Lipinski definition) is 5. The average Bonchev–Trinajstić information content (AvgIpc) is 2.97. The number of hydrogen-bond donors (Lipinski definition) is 1. The quantitative estimate of drug-likeness (QED) is 0.912. The number of nitrogens with one attached hydrogen (secondary N) is 1. The number of carbonyl (C=O) groups is 1. The van der Waals surface area contributed by atoms with Crippen LogP contribution in [0.1, 0.15) is 11.5 Å². The van der Waals surface area contributed by atoms with Gasteiger partial charge in [-0.05, 0) is 6.92 Å². The van der Waals surface area contributed by atoms with Crippen molar-refractivity contribution in [3.63, 3.8) is 0 Å². The number of thiazole rings is 1. The third-order valence-electron chi connectivity index (χ3n) is 3.06. The van der Waals surface area contributed by atoms with Crippen molar-refractivity contribution in [1.29, 1.82) is 0 Å². The lowest BCUT2D eigenvalue weighted by molar-refractivity contribution is -0.117. The molecule has 0 fully saturated rings. The van der Waals surface area contributed by atoms with Gasteiger partial charge in [0.05, 0.1) is 18.8 Å². The van der Waals surface area contributed by atoms with E-state index in [-0.39, 0.29) is 5.91 Å². The number of carbonyl (C=O) groups excluding carboxylic acids is 1. The summed E-state index contributed by atoms with van der Waals surface area (Å²) in [6.07, 6.45) is 3.78. The molecular weight excluding hydrogens is 262 g/mol.